The standard InChI is InChI=1S/C30H48O3/c1-18(2)8-7-9-19(3)22-10-11-23-21-16-27(32)30-17-25(30)26(33-20(4)31)13-15-29(30,6)24(21)12-14-28(22,23)5/h18-19,21-26H,7-17H2,1-6H3/t19-,21-,22+,23-,24-,25-,26-,28+,29+,30+/m0/s1. The lowest BCUT2D eigenvalue weighted by Gasteiger charge is -2.61. The molecule has 0 bridgehead atoms. The van der Waals surface area contributed by atoms with Crippen molar-refractivity contribution in [3.63, 3.8) is 0 Å². The Morgan fingerprint density at radius 1 is 1.00 bits per heavy atom. The SMILES string of the molecule is CC(=O)O[C@H]1CC[C@]2(C)[C@H]3CC[C@]4(C)[C@@H]([C@@H](C)CCCC(C)C)CC[C@H]4[C@@H]3CC(=O)[C@]23C[C@@H]13. The smallest absolute Gasteiger partial charge is 0.302 e. The van der Waals surface area contributed by atoms with Crippen LogP contribution in [-0.2, 0) is 14.3 Å². The third-order valence-corrected chi connectivity index (χ3v) is 12.1. The zero-order valence-electron chi connectivity index (χ0n) is 22.1. The number of hydrogen-bond acceptors (Lipinski definition) is 3. The summed E-state index contributed by atoms with van der Waals surface area (Å²) < 4.78 is 5.70. The predicted molar refractivity (Wildman–Crippen MR) is 131 cm³/mol. The van der Waals surface area contributed by atoms with Gasteiger partial charge in [0.1, 0.15) is 11.9 Å². The summed E-state index contributed by atoms with van der Waals surface area (Å²) in [6.45, 7) is 13.8. The minimum Gasteiger partial charge on any atom is -0.462 e. The van der Waals surface area contributed by atoms with Gasteiger partial charge in [0.05, 0.1) is 0 Å². The molecule has 33 heavy (non-hydrogen) atoms. The van der Waals surface area contributed by atoms with Crippen LogP contribution in [0.15, 0.2) is 0 Å². The number of carbonyl (C=O) groups is 2. The first-order chi connectivity index (χ1) is 15.5. The number of Topliss-reactive ketones (excluding diaryl/α,β-unsaturated/α-hetero) is 1. The summed E-state index contributed by atoms with van der Waals surface area (Å²) >= 11 is 0. The maximum atomic E-state index is 13.9. The molecule has 0 aliphatic heterocycles. The van der Waals surface area contributed by atoms with Crippen molar-refractivity contribution < 1.29 is 14.3 Å². The van der Waals surface area contributed by atoms with E-state index in [1.165, 1.54) is 51.9 Å². The summed E-state index contributed by atoms with van der Waals surface area (Å²) in [7, 11) is 0. The number of carbonyl (C=O) groups excluding carboxylic acids is 2. The van der Waals surface area contributed by atoms with Crippen molar-refractivity contribution in [2.24, 2.45) is 57.7 Å². The van der Waals surface area contributed by atoms with E-state index in [1.807, 2.05) is 0 Å². The average Bonchev–Trinajstić information content (AvgIpc) is 3.40. The zero-order chi connectivity index (χ0) is 23.8. The van der Waals surface area contributed by atoms with Crippen molar-refractivity contribution in [3.05, 3.63) is 0 Å². The molecule has 186 valence electrons. The van der Waals surface area contributed by atoms with Gasteiger partial charge in [-0.3, -0.25) is 9.59 Å². The second-order valence-electron chi connectivity index (χ2n) is 13.9. The Hall–Kier alpha value is -0.860. The molecule has 3 heteroatoms. The van der Waals surface area contributed by atoms with Gasteiger partial charge in [-0.2, -0.15) is 0 Å². The van der Waals surface area contributed by atoms with Gasteiger partial charge in [0.15, 0.2) is 0 Å². The monoisotopic (exact) mass is 456 g/mol. The molecule has 0 unspecified atom stereocenters. The van der Waals surface area contributed by atoms with E-state index in [2.05, 4.69) is 34.6 Å². The van der Waals surface area contributed by atoms with E-state index in [9.17, 15) is 9.59 Å². The first-order valence-electron chi connectivity index (χ1n) is 14.2. The molecule has 5 saturated carbocycles. The molecule has 0 aromatic rings. The number of hydrogen-bond donors (Lipinski definition) is 0. The molecule has 0 saturated heterocycles. The Balaban J connectivity index is 1.34. The van der Waals surface area contributed by atoms with Crippen molar-refractivity contribution >= 4 is 11.8 Å². The van der Waals surface area contributed by atoms with E-state index in [1.54, 1.807) is 0 Å². The number of fused-ring (bicyclic) bond motifs is 4. The van der Waals surface area contributed by atoms with Gasteiger partial charge >= 0.3 is 5.97 Å². The van der Waals surface area contributed by atoms with Crippen LogP contribution in [0.25, 0.3) is 0 Å². The molecule has 5 rings (SSSR count). The molecule has 1 spiro atoms. The zero-order valence-corrected chi connectivity index (χ0v) is 22.1. The maximum absolute atomic E-state index is 13.9. The summed E-state index contributed by atoms with van der Waals surface area (Å²) in [5, 5.41) is 0. The molecule has 10 atom stereocenters. The van der Waals surface area contributed by atoms with Crippen LogP contribution in [0.2, 0.25) is 0 Å². The lowest BCUT2D eigenvalue weighted by atomic mass is 9.43. The van der Waals surface area contributed by atoms with Gasteiger partial charge in [-0.25, -0.2) is 0 Å². The Morgan fingerprint density at radius 3 is 2.45 bits per heavy atom. The van der Waals surface area contributed by atoms with Gasteiger partial charge in [-0.1, -0.05) is 53.9 Å². The van der Waals surface area contributed by atoms with Crippen LogP contribution in [0.3, 0.4) is 0 Å². The highest BCUT2D eigenvalue weighted by Gasteiger charge is 2.78. The molecule has 0 aromatic carbocycles. The topological polar surface area (TPSA) is 43.4 Å². The van der Waals surface area contributed by atoms with Crippen LogP contribution in [0.1, 0.15) is 112 Å². The molecule has 0 N–H and O–H groups in total. The van der Waals surface area contributed by atoms with Crippen LogP contribution in [-0.4, -0.2) is 17.9 Å². The number of ketones is 1. The summed E-state index contributed by atoms with van der Waals surface area (Å²) in [5.41, 5.74) is 0.372. The van der Waals surface area contributed by atoms with E-state index >= 15 is 0 Å². The van der Waals surface area contributed by atoms with Gasteiger partial charge in [0, 0.05) is 24.7 Å². The molecule has 0 heterocycles. The van der Waals surface area contributed by atoms with Crippen LogP contribution >= 0.6 is 0 Å². The van der Waals surface area contributed by atoms with E-state index in [4.69, 9.17) is 4.74 Å². The van der Waals surface area contributed by atoms with Crippen molar-refractivity contribution in [2.75, 3.05) is 0 Å². The third-order valence-electron chi connectivity index (χ3n) is 12.1. The highest BCUT2D eigenvalue weighted by Crippen LogP contribution is 2.79. The van der Waals surface area contributed by atoms with Gasteiger partial charge in [0.2, 0.25) is 0 Å². The minimum atomic E-state index is -0.181. The number of esters is 1. The summed E-state index contributed by atoms with van der Waals surface area (Å²) in [5.74, 6) is 5.10. The van der Waals surface area contributed by atoms with Crippen molar-refractivity contribution in [3.8, 4) is 0 Å². The van der Waals surface area contributed by atoms with Crippen LogP contribution in [0.4, 0.5) is 0 Å². The Labute approximate surface area is 202 Å². The molecular weight excluding hydrogens is 408 g/mol. The quantitative estimate of drug-likeness (QED) is 0.396. The number of rotatable bonds is 6. The van der Waals surface area contributed by atoms with Crippen molar-refractivity contribution in [1.29, 1.82) is 0 Å². The second-order valence-corrected chi connectivity index (χ2v) is 13.9. The number of ether oxygens (including phenoxy) is 1. The van der Waals surface area contributed by atoms with E-state index < -0.39 is 0 Å². The average molecular weight is 457 g/mol. The Bertz CT molecular complexity index is 802. The molecular formula is C30H48O3. The predicted octanol–water partition coefficient (Wildman–Crippen LogP) is 7.22. The molecule has 5 aliphatic rings. The van der Waals surface area contributed by atoms with Gasteiger partial charge < -0.3 is 4.74 Å². The highest BCUT2D eigenvalue weighted by atomic mass is 16.5. The molecule has 3 nitrogen and oxygen atoms in total. The van der Waals surface area contributed by atoms with Gasteiger partial charge in [-0.05, 0) is 91.3 Å². The molecule has 0 amide bonds. The fourth-order valence-electron chi connectivity index (χ4n) is 10.6. The van der Waals surface area contributed by atoms with Crippen molar-refractivity contribution in [1.82, 2.24) is 0 Å². The van der Waals surface area contributed by atoms with Crippen LogP contribution in [0.5, 0.6) is 0 Å². The molecule has 0 aromatic heterocycles. The third kappa shape index (κ3) is 3.40. The van der Waals surface area contributed by atoms with E-state index in [-0.39, 0.29) is 22.9 Å². The van der Waals surface area contributed by atoms with E-state index in [0.717, 1.165) is 49.4 Å². The molecule has 5 fully saturated rings. The first-order valence-corrected chi connectivity index (χ1v) is 14.2. The molecule has 5 aliphatic carbocycles. The Kier molecular flexibility index (Phi) is 5.85. The van der Waals surface area contributed by atoms with Gasteiger partial charge in [-0.15, -0.1) is 0 Å². The highest BCUT2D eigenvalue weighted by molar-refractivity contribution is 5.91. The van der Waals surface area contributed by atoms with Crippen LogP contribution in [0, 0.1) is 57.7 Å². The first kappa shape index (κ1) is 23.9. The largest absolute Gasteiger partial charge is 0.462 e. The summed E-state index contributed by atoms with van der Waals surface area (Å²) in [4.78, 5) is 25.5. The lowest BCUT2D eigenvalue weighted by Crippen LogP contribution is -2.58. The summed E-state index contributed by atoms with van der Waals surface area (Å²) in [6, 6.07) is 0. The fourth-order valence-corrected chi connectivity index (χ4v) is 10.6. The van der Waals surface area contributed by atoms with Gasteiger partial charge in [0.25, 0.3) is 0 Å². The van der Waals surface area contributed by atoms with Crippen LogP contribution < -0.4 is 0 Å². The summed E-state index contributed by atoms with van der Waals surface area (Å²) in [6.07, 6.45) is 13.2. The van der Waals surface area contributed by atoms with Crippen molar-refractivity contribution in [2.45, 2.75) is 118 Å². The maximum Gasteiger partial charge on any atom is 0.302 e. The molecule has 0 radical (unpaired) electrons. The fraction of sp³-hybridized carbons (Fsp3) is 0.933. The lowest BCUT2D eigenvalue weighted by molar-refractivity contribution is -0.172. The van der Waals surface area contributed by atoms with E-state index in [0.29, 0.717) is 29.0 Å². The normalized spacial score (nSPS) is 49.0. The second kappa shape index (κ2) is 8.09. The minimum absolute atomic E-state index is 0.0209. The Morgan fingerprint density at radius 2 is 1.76 bits per heavy atom.